The second-order valence-corrected chi connectivity index (χ2v) is 7.02. The van der Waals surface area contributed by atoms with Gasteiger partial charge in [0.2, 0.25) is 11.2 Å². The van der Waals surface area contributed by atoms with Gasteiger partial charge in [-0.05, 0) is 31.4 Å². The summed E-state index contributed by atoms with van der Waals surface area (Å²) >= 11 is 0. The smallest absolute Gasteiger partial charge is 0.305 e. The lowest BCUT2D eigenvalue weighted by molar-refractivity contribution is -0.140. The number of ether oxygens (including phenoxy) is 2. The Labute approximate surface area is 181 Å². The average molecular weight is 446 g/mol. The molecule has 10 nitrogen and oxygen atoms in total. The largest absolute Gasteiger partial charge is 0.507 e. The zero-order chi connectivity index (χ0) is 23.4. The lowest BCUT2D eigenvalue weighted by Gasteiger charge is -2.11. The number of fused-ring (bicyclic) bond motifs is 1. The molecule has 0 aliphatic carbocycles. The molecule has 0 aliphatic heterocycles. The minimum Gasteiger partial charge on any atom is -0.507 e. The van der Waals surface area contributed by atoms with E-state index in [0.29, 0.717) is 19.3 Å². The summed E-state index contributed by atoms with van der Waals surface area (Å²) in [5, 5.41) is 49.2. The van der Waals surface area contributed by atoms with Crippen LogP contribution in [0.1, 0.15) is 25.7 Å². The Balaban J connectivity index is 1.86. The maximum atomic E-state index is 12.6. The molecule has 5 N–H and O–H groups in total. The third kappa shape index (κ3) is 4.64. The Morgan fingerprint density at radius 2 is 1.59 bits per heavy atom. The zero-order valence-corrected chi connectivity index (χ0v) is 17.1. The van der Waals surface area contributed by atoms with Crippen LogP contribution in [0.15, 0.2) is 33.5 Å². The number of rotatable bonds is 8. The van der Waals surface area contributed by atoms with E-state index in [1.165, 1.54) is 19.2 Å². The number of phenols is 4. The molecular weight excluding hydrogens is 424 g/mol. The van der Waals surface area contributed by atoms with Crippen LogP contribution in [-0.2, 0) is 9.53 Å². The number of esters is 1. The monoisotopic (exact) mass is 446 g/mol. The highest BCUT2D eigenvalue weighted by atomic mass is 16.5. The molecule has 0 radical (unpaired) electrons. The molecule has 0 amide bonds. The fourth-order valence-corrected chi connectivity index (χ4v) is 3.12. The van der Waals surface area contributed by atoms with Gasteiger partial charge in [-0.25, -0.2) is 0 Å². The Kier molecular flexibility index (Phi) is 6.62. The van der Waals surface area contributed by atoms with Crippen molar-refractivity contribution in [3.63, 3.8) is 0 Å². The number of hydrogen-bond donors (Lipinski definition) is 5. The van der Waals surface area contributed by atoms with Gasteiger partial charge in [0.1, 0.15) is 22.5 Å². The Morgan fingerprint density at radius 3 is 2.25 bits per heavy atom. The van der Waals surface area contributed by atoms with Gasteiger partial charge < -0.3 is 39.4 Å². The van der Waals surface area contributed by atoms with Crippen molar-refractivity contribution in [1.82, 2.24) is 0 Å². The summed E-state index contributed by atoms with van der Waals surface area (Å²) in [7, 11) is 1.33. The number of benzene rings is 2. The van der Waals surface area contributed by atoms with Crippen molar-refractivity contribution in [3.8, 4) is 45.8 Å². The number of carbonyl (C=O) groups is 1. The predicted molar refractivity (Wildman–Crippen MR) is 112 cm³/mol. The highest BCUT2D eigenvalue weighted by Crippen LogP contribution is 2.42. The summed E-state index contributed by atoms with van der Waals surface area (Å²) in [6.07, 6.45) is 2.30. The van der Waals surface area contributed by atoms with E-state index >= 15 is 0 Å². The summed E-state index contributed by atoms with van der Waals surface area (Å²) in [5.74, 6) is -3.91. The van der Waals surface area contributed by atoms with Crippen LogP contribution in [0, 0.1) is 0 Å². The van der Waals surface area contributed by atoms with Gasteiger partial charge >= 0.3 is 5.97 Å². The van der Waals surface area contributed by atoms with Crippen LogP contribution in [-0.4, -0.2) is 45.2 Å². The van der Waals surface area contributed by atoms with E-state index in [9.17, 15) is 35.1 Å². The molecule has 10 heteroatoms. The highest BCUT2D eigenvalue weighted by Gasteiger charge is 2.21. The molecule has 170 valence electrons. The number of methoxy groups -OCH3 is 1. The molecule has 1 aromatic heterocycles. The van der Waals surface area contributed by atoms with Crippen molar-refractivity contribution >= 4 is 16.9 Å². The first-order chi connectivity index (χ1) is 15.2. The van der Waals surface area contributed by atoms with Gasteiger partial charge in [-0.2, -0.15) is 0 Å². The molecule has 0 saturated heterocycles. The number of carbonyl (C=O) groups excluding carboxylic acids is 1. The van der Waals surface area contributed by atoms with Gasteiger partial charge in [0.05, 0.1) is 13.7 Å². The van der Waals surface area contributed by atoms with Crippen LogP contribution in [0.2, 0.25) is 0 Å². The molecule has 0 spiro atoms. The van der Waals surface area contributed by atoms with Crippen molar-refractivity contribution in [1.29, 1.82) is 0 Å². The minimum absolute atomic E-state index is 0.0780. The molecule has 3 aromatic rings. The van der Waals surface area contributed by atoms with Crippen LogP contribution in [0.4, 0.5) is 0 Å². The number of aromatic hydroxyl groups is 5. The van der Waals surface area contributed by atoms with Crippen LogP contribution in [0.25, 0.3) is 22.3 Å². The van der Waals surface area contributed by atoms with E-state index < -0.39 is 34.2 Å². The zero-order valence-electron chi connectivity index (χ0n) is 17.1. The SMILES string of the molecule is COC(=O)CCCCCOc1cc(O)c2c(=O)c(O)c(-c3cc(O)c(O)c(O)c3)oc2c1. The van der Waals surface area contributed by atoms with E-state index in [2.05, 4.69) is 4.74 Å². The molecule has 3 rings (SSSR count). The molecule has 2 aromatic carbocycles. The van der Waals surface area contributed by atoms with Crippen LogP contribution < -0.4 is 10.2 Å². The van der Waals surface area contributed by atoms with Crippen LogP contribution in [0.5, 0.6) is 34.5 Å². The molecule has 0 atom stereocenters. The lowest BCUT2D eigenvalue weighted by atomic mass is 10.1. The fourth-order valence-electron chi connectivity index (χ4n) is 3.12. The van der Waals surface area contributed by atoms with Crippen molar-refractivity contribution in [2.75, 3.05) is 13.7 Å². The second kappa shape index (κ2) is 9.38. The quantitative estimate of drug-likeness (QED) is 0.197. The Hall–Kier alpha value is -4.08. The number of phenolic OH excluding ortho intramolecular Hbond substituents is 4. The summed E-state index contributed by atoms with van der Waals surface area (Å²) in [6.45, 7) is 0.279. The third-order valence-corrected chi connectivity index (χ3v) is 4.78. The first-order valence-electron chi connectivity index (χ1n) is 9.70. The van der Waals surface area contributed by atoms with Crippen molar-refractivity contribution < 1.29 is 44.2 Å². The first-order valence-corrected chi connectivity index (χ1v) is 9.70. The van der Waals surface area contributed by atoms with E-state index in [-0.39, 0.29) is 40.6 Å². The fraction of sp³-hybridized carbons (Fsp3) is 0.273. The molecular formula is C22H22O10. The number of hydrogen-bond acceptors (Lipinski definition) is 10. The van der Waals surface area contributed by atoms with Gasteiger partial charge in [0.25, 0.3) is 0 Å². The first kappa shape index (κ1) is 22.6. The number of unbranched alkanes of at least 4 members (excludes halogenated alkanes) is 2. The van der Waals surface area contributed by atoms with E-state index in [1.54, 1.807) is 0 Å². The highest BCUT2D eigenvalue weighted by molar-refractivity contribution is 5.88. The van der Waals surface area contributed by atoms with Gasteiger partial charge in [-0.15, -0.1) is 0 Å². The third-order valence-electron chi connectivity index (χ3n) is 4.78. The van der Waals surface area contributed by atoms with Crippen LogP contribution >= 0.6 is 0 Å². The molecule has 0 fully saturated rings. The topological polar surface area (TPSA) is 167 Å². The Morgan fingerprint density at radius 1 is 0.906 bits per heavy atom. The maximum Gasteiger partial charge on any atom is 0.305 e. The van der Waals surface area contributed by atoms with E-state index in [4.69, 9.17) is 9.15 Å². The average Bonchev–Trinajstić information content (AvgIpc) is 2.75. The normalized spacial score (nSPS) is 10.9. The maximum absolute atomic E-state index is 12.6. The van der Waals surface area contributed by atoms with Crippen molar-refractivity contribution in [3.05, 3.63) is 34.5 Å². The van der Waals surface area contributed by atoms with Gasteiger partial charge in [-0.3, -0.25) is 9.59 Å². The van der Waals surface area contributed by atoms with E-state index in [0.717, 1.165) is 18.6 Å². The van der Waals surface area contributed by atoms with Crippen LogP contribution in [0.3, 0.4) is 0 Å². The summed E-state index contributed by atoms with van der Waals surface area (Å²) < 4.78 is 15.7. The van der Waals surface area contributed by atoms with E-state index in [1.807, 2.05) is 0 Å². The molecule has 0 aliphatic rings. The Bertz CT molecular complexity index is 1190. The van der Waals surface area contributed by atoms with Gasteiger partial charge in [0.15, 0.2) is 23.0 Å². The molecule has 1 heterocycles. The van der Waals surface area contributed by atoms with Crippen molar-refractivity contribution in [2.45, 2.75) is 25.7 Å². The second-order valence-electron chi connectivity index (χ2n) is 7.02. The molecule has 0 saturated carbocycles. The summed E-state index contributed by atoms with van der Waals surface area (Å²) in [6, 6.07) is 4.56. The molecule has 32 heavy (non-hydrogen) atoms. The lowest BCUT2D eigenvalue weighted by Crippen LogP contribution is -2.04. The standard InChI is InChI=1S/C22H22O10/c1-30-17(26)5-3-2-4-6-31-12-9-13(23)18-16(10-12)32-22(21(29)20(18)28)11-7-14(24)19(27)15(25)8-11/h7-10,23-25,27,29H,2-6H2,1H3. The summed E-state index contributed by atoms with van der Waals surface area (Å²) in [5.41, 5.74) is -1.11. The molecule has 0 bridgehead atoms. The predicted octanol–water partition coefficient (Wildman–Crippen LogP) is 3.10. The van der Waals surface area contributed by atoms with Gasteiger partial charge in [-0.1, -0.05) is 0 Å². The minimum atomic E-state index is -0.930. The molecule has 0 unspecified atom stereocenters. The van der Waals surface area contributed by atoms with Gasteiger partial charge in [0, 0.05) is 24.1 Å². The van der Waals surface area contributed by atoms with Crippen molar-refractivity contribution in [2.24, 2.45) is 0 Å². The summed E-state index contributed by atoms with van der Waals surface area (Å²) in [4.78, 5) is 23.7.